The van der Waals surface area contributed by atoms with Crippen LogP contribution in [0.15, 0.2) is 60.8 Å². The lowest BCUT2D eigenvalue weighted by atomic mass is 10.1. The number of phosphoric ester groups is 1. The fourth-order valence-corrected chi connectivity index (χ4v) is 6.46. The number of hydrogen-bond acceptors (Lipinski definition) is 9. The van der Waals surface area contributed by atoms with Crippen molar-refractivity contribution < 1.29 is 42.7 Å². The van der Waals surface area contributed by atoms with Crippen LogP contribution >= 0.6 is 7.82 Å². The van der Waals surface area contributed by atoms with Gasteiger partial charge in [-0.25, -0.2) is 4.57 Å². The molecule has 11 heteroatoms. The summed E-state index contributed by atoms with van der Waals surface area (Å²) in [7, 11) is -4.40. The van der Waals surface area contributed by atoms with Crippen molar-refractivity contribution in [2.45, 2.75) is 187 Å². The molecule has 0 saturated carbocycles. The SMILES string of the molecule is CC/C=C/CC(O)/C=C/C=C/CCCCCCCC(=O)OC[C@H](COP(=O)(O)OCCN)OC(=O)CCCCCCCCCCC/C=C\C/C=C\CCCCC. The van der Waals surface area contributed by atoms with Gasteiger partial charge in [0.05, 0.1) is 19.3 Å². The largest absolute Gasteiger partial charge is 0.472 e. The highest BCUT2D eigenvalue weighted by atomic mass is 31.2. The maximum absolute atomic E-state index is 12.6. The number of unbranched alkanes of at least 4 members (excludes halogenated alkanes) is 17. The lowest BCUT2D eigenvalue weighted by Crippen LogP contribution is -2.29. The van der Waals surface area contributed by atoms with E-state index < -0.39 is 38.6 Å². The van der Waals surface area contributed by atoms with Gasteiger partial charge in [0.2, 0.25) is 0 Å². The second-order valence-corrected chi connectivity index (χ2v) is 15.8. The van der Waals surface area contributed by atoms with Crippen molar-refractivity contribution in [1.29, 1.82) is 0 Å². The fraction of sp³-hybridized carbons (Fsp3) is 0.733. The quantitative estimate of drug-likeness (QED) is 0.0179. The molecule has 0 spiro atoms. The molecule has 0 fully saturated rings. The van der Waals surface area contributed by atoms with Crippen LogP contribution in [-0.4, -0.2) is 60.5 Å². The van der Waals surface area contributed by atoms with Crippen molar-refractivity contribution >= 4 is 19.8 Å². The summed E-state index contributed by atoms with van der Waals surface area (Å²) in [6.45, 7) is 3.44. The number of ether oxygens (including phenoxy) is 2. The van der Waals surface area contributed by atoms with Gasteiger partial charge in [-0.15, -0.1) is 0 Å². The number of phosphoric acid groups is 1. The first-order valence-corrected chi connectivity index (χ1v) is 23.4. The zero-order valence-electron chi connectivity index (χ0n) is 35.2. The summed E-state index contributed by atoms with van der Waals surface area (Å²) in [5.41, 5.74) is 5.34. The van der Waals surface area contributed by atoms with Gasteiger partial charge in [-0.05, 0) is 70.6 Å². The van der Waals surface area contributed by atoms with Crippen LogP contribution in [0.5, 0.6) is 0 Å². The van der Waals surface area contributed by atoms with Crippen LogP contribution in [0.25, 0.3) is 0 Å². The predicted octanol–water partition coefficient (Wildman–Crippen LogP) is 11.5. The van der Waals surface area contributed by atoms with Crippen LogP contribution in [0.4, 0.5) is 0 Å². The fourth-order valence-electron chi connectivity index (χ4n) is 5.70. The van der Waals surface area contributed by atoms with Crippen LogP contribution in [-0.2, 0) is 32.7 Å². The smallest absolute Gasteiger partial charge is 0.462 e. The third kappa shape index (κ3) is 39.9. The van der Waals surface area contributed by atoms with Crippen LogP contribution in [0.2, 0.25) is 0 Å². The summed E-state index contributed by atoms with van der Waals surface area (Å²) >= 11 is 0. The van der Waals surface area contributed by atoms with Crippen LogP contribution < -0.4 is 5.73 Å². The van der Waals surface area contributed by atoms with Crippen molar-refractivity contribution in [3.05, 3.63) is 60.8 Å². The molecule has 3 atom stereocenters. The molecule has 2 unspecified atom stereocenters. The van der Waals surface area contributed by atoms with Crippen molar-refractivity contribution in [3.63, 3.8) is 0 Å². The molecule has 56 heavy (non-hydrogen) atoms. The maximum Gasteiger partial charge on any atom is 0.472 e. The molecule has 0 aromatic heterocycles. The normalized spacial score (nSPS) is 14.4. The number of carbonyl (C=O) groups excluding carboxylic acids is 2. The molecule has 0 aliphatic rings. The molecule has 0 aromatic rings. The molecule has 4 N–H and O–H groups in total. The summed E-state index contributed by atoms with van der Waals surface area (Å²) in [6, 6.07) is 0. The summed E-state index contributed by atoms with van der Waals surface area (Å²) < 4.78 is 32.7. The molecule has 10 nitrogen and oxygen atoms in total. The summed E-state index contributed by atoms with van der Waals surface area (Å²) in [4.78, 5) is 34.9. The van der Waals surface area contributed by atoms with E-state index in [4.69, 9.17) is 24.3 Å². The minimum Gasteiger partial charge on any atom is -0.462 e. The Labute approximate surface area is 341 Å². The van der Waals surface area contributed by atoms with Gasteiger partial charge >= 0.3 is 19.8 Å². The Bertz CT molecular complexity index is 1120. The zero-order chi connectivity index (χ0) is 41.2. The number of allylic oxidation sites excluding steroid dienone is 8. The first-order chi connectivity index (χ1) is 27.2. The minimum atomic E-state index is -4.40. The van der Waals surface area contributed by atoms with Crippen LogP contribution in [0.1, 0.15) is 174 Å². The Morgan fingerprint density at radius 3 is 1.79 bits per heavy atom. The van der Waals surface area contributed by atoms with Crippen LogP contribution in [0.3, 0.4) is 0 Å². The van der Waals surface area contributed by atoms with E-state index in [-0.39, 0.29) is 32.6 Å². The number of hydrogen-bond donors (Lipinski definition) is 3. The molecule has 0 heterocycles. The molecule has 0 rings (SSSR count). The first kappa shape index (κ1) is 53.7. The topological polar surface area (TPSA) is 155 Å². The number of aliphatic hydroxyl groups excluding tert-OH is 1. The third-order valence-electron chi connectivity index (χ3n) is 8.97. The van der Waals surface area contributed by atoms with E-state index in [9.17, 15) is 24.2 Å². The highest BCUT2D eigenvalue weighted by Crippen LogP contribution is 2.43. The molecule has 0 saturated heterocycles. The molecular formula is C45H80NO9P. The molecule has 0 aliphatic heterocycles. The minimum absolute atomic E-state index is 0.0392. The Morgan fingerprint density at radius 2 is 1.20 bits per heavy atom. The van der Waals surface area contributed by atoms with Gasteiger partial charge in [-0.2, -0.15) is 0 Å². The van der Waals surface area contributed by atoms with Gasteiger partial charge < -0.3 is 25.2 Å². The first-order valence-electron chi connectivity index (χ1n) is 21.9. The third-order valence-corrected chi connectivity index (χ3v) is 9.95. The van der Waals surface area contributed by atoms with E-state index in [1.54, 1.807) is 6.08 Å². The van der Waals surface area contributed by atoms with Crippen molar-refractivity contribution in [1.82, 2.24) is 0 Å². The average Bonchev–Trinajstić information content (AvgIpc) is 3.18. The van der Waals surface area contributed by atoms with E-state index in [1.807, 2.05) is 24.3 Å². The average molecular weight is 810 g/mol. The standard InChI is InChI=1S/C45H80NO9P/c1-3-5-7-8-9-10-11-12-13-14-15-16-17-18-19-22-26-29-33-37-45(49)55-43(41-54-56(50,51)53-39-38-46)40-52-44(48)36-32-28-25-23-20-21-24-27-31-35-42(47)34-30-6-4-2/h6,9-10,12-13,24,27,30-31,35,42-43,47H,3-5,7-8,11,14-23,25-26,28-29,32-34,36-41,46H2,1-2H3,(H,50,51)/b10-9-,13-12-,27-24+,30-6+,35-31+/t42?,43-/m1/s1. The van der Waals surface area contributed by atoms with Gasteiger partial charge in [0.15, 0.2) is 6.10 Å². The van der Waals surface area contributed by atoms with E-state index in [0.717, 1.165) is 70.6 Å². The van der Waals surface area contributed by atoms with Gasteiger partial charge in [-0.1, -0.05) is 152 Å². The van der Waals surface area contributed by atoms with Gasteiger partial charge in [0, 0.05) is 19.4 Å². The van der Waals surface area contributed by atoms with Crippen molar-refractivity contribution in [2.24, 2.45) is 5.73 Å². The highest BCUT2D eigenvalue weighted by Gasteiger charge is 2.26. The number of rotatable bonds is 40. The van der Waals surface area contributed by atoms with E-state index >= 15 is 0 Å². The lowest BCUT2D eigenvalue weighted by Gasteiger charge is -2.19. The summed E-state index contributed by atoms with van der Waals surface area (Å²) in [6.07, 6.45) is 44.3. The Balaban J connectivity index is 4.21. The molecule has 0 bridgehead atoms. The molecule has 0 aliphatic carbocycles. The second-order valence-electron chi connectivity index (χ2n) is 14.4. The van der Waals surface area contributed by atoms with Crippen molar-refractivity contribution in [3.8, 4) is 0 Å². The second kappa shape index (κ2) is 40.9. The molecule has 0 aromatic carbocycles. The Kier molecular flexibility index (Phi) is 39.2. The van der Waals surface area contributed by atoms with Gasteiger partial charge in [0.25, 0.3) is 0 Å². The monoisotopic (exact) mass is 810 g/mol. The molecular weight excluding hydrogens is 729 g/mol. The molecule has 0 amide bonds. The Hall–Kier alpha value is -2.33. The van der Waals surface area contributed by atoms with E-state index in [2.05, 4.69) is 44.2 Å². The molecule has 324 valence electrons. The van der Waals surface area contributed by atoms with E-state index in [1.165, 1.54) is 57.8 Å². The summed E-state index contributed by atoms with van der Waals surface area (Å²) in [5.74, 6) is -0.890. The van der Waals surface area contributed by atoms with E-state index in [0.29, 0.717) is 19.3 Å². The number of nitrogens with two attached hydrogens (primary N) is 1. The summed E-state index contributed by atoms with van der Waals surface area (Å²) in [5, 5.41) is 9.86. The highest BCUT2D eigenvalue weighted by molar-refractivity contribution is 7.47. The number of carbonyl (C=O) groups is 2. The zero-order valence-corrected chi connectivity index (χ0v) is 36.1. The Morgan fingerprint density at radius 1 is 0.643 bits per heavy atom. The molecule has 0 radical (unpaired) electrons. The van der Waals surface area contributed by atoms with Crippen molar-refractivity contribution in [2.75, 3.05) is 26.4 Å². The number of aliphatic hydroxyl groups is 1. The van der Waals surface area contributed by atoms with Gasteiger partial charge in [-0.3, -0.25) is 18.6 Å². The van der Waals surface area contributed by atoms with Gasteiger partial charge in [0.1, 0.15) is 6.61 Å². The lowest BCUT2D eigenvalue weighted by molar-refractivity contribution is -0.161. The number of esters is 2. The van der Waals surface area contributed by atoms with Crippen LogP contribution in [0, 0.1) is 0 Å². The maximum atomic E-state index is 12.6. The predicted molar refractivity (Wildman–Crippen MR) is 230 cm³/mol.